The molecule has 1 aromatic rings. The third kappa shape index (κ3) is 2.16. The molecule has 0 aromatic heterocycles. The molecule has 0 aliphatic rings. The number of ether oxygens (including phenoxy) is 1. The van der Waals surface area contributed by atoms with Gasteiger partial charge in [0.2, 0.25) is 0 Å². The van der Waals surface area contributed by atoms with Gasteiger partial charge >= 0.3 is 5.97 Å². The van der Waals surface area contributed by atoms with Gasteiger partial charge in [-0.1, -0.05) is 0 Å². The number of esters is 1. The Hall–Kier alpha value is -2.24. The minimum atomic E-state index is -0.842. The van der Waals surface area contributed by atoms with Crippen molar-refractivity contribution >= 4 is 17.9 Å². The second-order valence-corrected chi connectivity index (χ2v) is 2.64. The summed E-state index contributed by atoms with van der Waals surface area (Å²) in [6.45, 7) is 0. The smallest absolute Gasteiger partial charge is 0.344 e. The van der Waals surface area contributed by atoms with Crippen molar-refractivity contribution in [3.63, 3.8) is 0 Å². The molecule has 0 spiro atoms. The van der Waals surface area contributed by atoms with Crippen LogP contribution in [0.2, 0.25) is 0 Å². The number of nitrogens with zero attached hydrogens (tertiary/aromatic N) is 1. The van der Waals surface area contributed by atoms with Crippen LogP contribution in [0.5, 0.6) is 0 Å². The van der Waals surface area contributed by atoms with Crippen molar-refractivity contribution in [2.75, 3.05) is 7.11 Å². The lowest BCUT2D eigenvalue weighted by atomic mass is 10.1. The average Bonchev–Trinajstić information content (AvgIpc) is 2.26. The average molecular weight is 209 g/mol. The minimum Gasteiger partial charge on any atom is -0.465 e. The number of aldehydes is 1. The van der Waals surface area contributed by atoms with Gasteiger partial charge in [0.25, 0.3) is 5.69 Å². The van der Waals surface area contributed by atoms with E-state index < -0.39 is 10.9 Å². The van der Waals surface area contributed by atoms with Crippen LogP contribution in [0.4, 0.5) is 5.69 Å². The number of nitro groups is 1. The highest BCUT2D eigenvalue weighted by atomic mass is 16.6. The molecule has 78 valence electrons. The lowest BCUT2D eigenvalue weighted by Crippen LogP contribution is -2.06. The minimum absolute atomic E-state index is 0.181. The molecule has 0 amide bonds. The summed E-state index contributed by atoms with van der Waals surface area (Å²) in [4.78, 5) is 31.4. The van der Waals surface area contributed by atoms with Crippen molar-refractivity contribution in [3.8, 4) is 0 Å². The molecule has 0 fully saturated rings. The summed E-state index contributed by atoms with van der Waals surface area (Å²) in [7, 11) is 1.11. The summed E-state index contributed by atoms with van der Waals surface area (Å²) in [5.41, 5.74) is -0.430. The van der Waals surface area contributed by atoms with E-state index in [2.05, 4.69) is 4.74 Å². The Morgan fingerprint density at radius 2 is 2.20 bits per heavy atom. The van der Waals surface area contributed by atoms with Crippen LogP contribution < -0.4 is 0 Å². The van der Waals surface area contributed by atoms with Crippen LogP contribution in [-0.2, 0) is 4.74 Å². The van der Waals surface area contributed by atoms with Crippen LogP contribution in [-0.4, -0.2) is 24.3 Å². The molecule has 0 saturated heterocycles. The van der Waals surface area contributed by atoms with Crippen molar-refractivity contribution in [1.29, 1.82) is 0 Å². The molecule has 1 aromatic carbocycles. The molecule has 0 unspecified atom stereocenters. The Morgan fingerprint density at radius 3 is 2.67 bits per heavy atom. The number of carbonyl (C=O) groups is 2. The maximum Gasteiger partial charge on any atom is 0.344 e. The van der Waals surface area contributed by atoms with Gasteiger partial charge in [0, 0.05) is 11.6 Å². The molecule has 6 nitrogen and oxygen atoms in total. The molecule has 0 aliphatic heterocycles. The zero-order chi connectivity index (χ0) is 11.4. The van der Waals surface area contributed by atoms with E-state index in [-0.39, 0.29) is 16.8 Å². The van der Waals surface area contributed by atoms with E-state index in [1.807, 2.05) is 0 Å². The first kappa shape index (κ1) is 10.8. The van der Waals surface area contributed by atoms with Gasteiger partial charge in [-0.2, -0.15) is 0 Å². The fourth-order valence-corrected chi connectivity index (χ4v) is 1.06. The molecule has 0 N–H and O–H groups in total. The summed E-state index contributed by atoms with van der Waals surface area (Å²) in [6.07, 6.45) is 0.496. The van der Waals surface area contributed by atoms with E-state index in [9.17, 15) is 19.7 Å². The number of benzene rings is 1. The molecular weight excluding hydrogens is 202 g/mol. The highest BCUT2D eigenvalue weighted by Crippen LogP contribution is 2.20. The molecule has 0 radical (unpaired) electrons. The molecule has 6 heteroatoms. The number of methoxy groups -OCH3 is 1. The summed E-state index contributed by atoms with van der Waals surface area (Å²) in [5.74, 6) is -0.842. The summed E-state index contributed by atoms with van der Waals surface area (Å²) in [6, 6.07) is 3.48. The molecular formula is C9H7NO5. The second-order valence-electron chi connectivity index (χ2n) is 2.64. The van der Waals surface area contributed by atoms with Crippen molar-refractivity contribution in [1.82, 2.24) is 0 Å². The SMILES string of the molecule is COC(=O)c1cc(C=O)ccc1[N+](=O)[O-]. The largest absolute Gasteiger partial charge is 0.465 e. The van der Waals surface area contributed by atoms with Crippen molar-refractivity contribution < 1.29 is 19.2 Å². The van der Waals surface area contributed by atoms with Crippen molar-refractivity contribution in [3.05, 3.63) is 39.4 Å². The Kier molecular flexibility index (Phi) is 3.12. The highest BCUT2D eigenvalue weighted by molar-refractivity contribution is 5.95. The Balaban J connectivity index is 3.34. The Bertz CT molecular complexity index is 427. The third-order valence-corrected chi connectivity index (χ3v) is 1.76. The number of hydrogen-bond acceptors (Lipinski definition) is 5. The van der Waals surface area contributed by atoms with E-state index in [1.54, 1.807) is 0 Å². The van der Waals surface area contributed by atoms with Gasteiger partial charge in [-0.25, -0.2) is 4.79 Å². The van der Waals surface area contributed by atoms with Gasteiger partial charge in [0.15, 0.2) is 0 Å². The van der Waals surface area contributed by atoms with E-state index in [4.69, 9.17) is 0 Å². The van der Waals surface area contributed by atoms with Crippen LogP contribution in [0.1, 0.15) is 20.7 Å². The fraction of sp³-hybridized carbons (Fsp3) is 0.111. The maximum atomic E-state index is 11.2. The molecule has 0 saturated carbocycles. The Morgan fingerprint density at radius 1 is 1.53 bits per heavy atom. The van der Waals surface area contributed by atoms with Crippen LogP contribution in [0.3, 0.4) is 0 Å². The molecule has 0 aliphatic carbocycles. The number of rotatable bonds is 3. The van der Waals surface area contributed by atoms with Gasteiger partial charge < -0.3 is 4.74 Å². The van der Waals surface area contributed by atoms with Crippen LogP contribution in [0.15, 0.2) is 18.2 Å². The molecule has 15 heavy (non-hydrogen) atoms. The maximum absolute atomic E-state index is 11.2. The molecule has 0 bridgehead atoms. The van der Waals surface area contributed by atoms with Crippen LogP contribution in [0, 0.1) is 10.1 Å². The zero-order valence-corrected chi connectivity index (χ0v) is 7.80. The topological polar surface area (TPSA) is 86.5 Å². The number of hydrogen-bond donors (Lipinski definition) is 0. The van der Waals surface area contributed by atoms with Gasteiger partial charge in [-0.15, -0.1) is 0 Å². The number of nitro benzene ring substituents is 1. The molecule has 0 heterocycles. The lowest BCUT2D eigenvalue weighted by molar-refractivity contribution is -0.385. The van der Waals surface area contributed by atoms with E-state index in [1.165, 1.54) is 6.07 Å². The van der Waals surface area contributed by atoms with Crippen molar-refractivity contribution in [2.45, 2.75) is 0 Å². The van der Waals surface area contributed by atoms with Gasteiger partial charge in [0.05, 0.1) is 12.0 Å². The van der Waals surface area contributed by atoms with Crippen molar-refractivity contribution in [2.24, 2.45) is 0 Å². The quantitative estimate of drug-likeness (QED) is 0.323. The van der Waals surface area contributed by atoms with Gasteiger partial charge in [-0.05, 0) is 12.1 Å². The highest BCUT2D eigenvalue weighted by Gasteiger charge is 2.20. The summed E-state index contributed by atoms with van der Waals surface area (Å²) >= 11 is 0. The van der Waals surface area contributed by atoms with E-state index in [0.717, 1.165) is 19.2 Å². The second kappa shape index (κ2) is 4.32. The first-order valence-corrected chi connectivity index (χ1v) is 3.92. The predicted octanol–water partition coefficient (Wildman–Crippen LogP) is 1.19. The van der Waals surface area contributed by atoms with Crippen LogP contribution in [0.25, 0.3) is 0 Å². The molecule has 0 atom stereocenters. The van der Waals surface area contributed by atoms with Gasteiger partial charge in [-0.3, -0.25) is 14.9 Å². The first-order valence-electron chi connectivity index (χ1n) is 3.92. The van der Waals surface area contributed by atoms with Crippen LogP contribution >= 0.6 is 0 Å². The predicted molar refractivity (Wildman–Crippen MR) is 49.8 cm³/mol. The van der Waals surface area contributed by atoms with E-state index in [0.29, 0.717) is 6.29 Å². The zero-order valence-electron chi connectivity index (χ0n) is 7.80. The molecule has 1 rings (SSSR count). The lowest BCUT2D eigenvalue weighted by Gasteiger charge is -2.01. The van der Waals surface area contributed by atoms with E-state index >= 15 is 0 Å². The normalized spacial score (nSPS) is 9.40. The monoisotopic (exact) mass is 209 g/mol. The number of carbonyl (C=O) groups excluding carboxylic acids is 2. The summed E-state index contributed by atoms with van der Waals surface area (Å²) < 4.78 is 4.37. The Labute approximate surface area is 84.6 Å². The summed E-state index contributed by atoms with van der Waals surface area (Å²) in [5, 5.41) is 10.6. The fourth-order valence-electron chi connectivity index (χ4n) is 1.06. The van der Waals surface area contributed by atoms with Gasteiger partial charge in [0.1, 0.15) is 11.8 Å². The standard InChI is InChI=1S/C9H7NO5/c1-15-9(12)7-4-6(5-11)2-3-8(7)10(13)14/h2-5H,1H3. The third-order valence-electron chi connectivity index (χ3n) is 1.76. The first-order chi connectivity index (χ1) is 7.10.